The summed E-state index contributed by atoms with van der Waals surface area (Å²) in [7, 11) is 0. The van der Waals surface area contributed by atoms with Crippen molar-refractivity contribution in [3.63, 3.8) is 0 Å². The van der Waals surface area contributed by atoms with Crippen molar-refractivity contribution in [1.29, 1.82) is 0 Å². The molecule has 1 heterocycles. The SMILES string of the molecule is Cc1cc(N2CCNC3(CCCCC3)C2)ccc1F. The number of piperazine rings is 1. The first kappa shape index (κ1) is 12.9. The summed E-state index contributed by atoms with van der Waals surface area (Å²) < 4.78 is 13.4. The Morgan fingerprint density at radius 2 is 2.00 bits per heavy atom. The molecule has 1 aliphatic heterocycles. The highest BCUT2D eigenvalue weighted by Crippen LogP contribution is 2.32. The summed E-state index contributed by atoms with van der Waals surface area (Å²) in [5.74, 6) is -0.105. The van der Waals surface area contributed by atoms with Gasteiger partial charge in [0.05, 0.1) is 0 Å². The summed E-state index contributed by atoms with van der Waals surface area (Å²) in [6, 6.07) is 5.50. The number of benzene rings is 1. The van der Waals surface area contributed by atoms with Crippen LogP contribution < -0.4 is 10.2 Å². The second-order valence-corrected chi connectivity index (χ2v) is 6.12. The molecule has 2 nitrogen and oxygen atoms in total. The molecule has 0 unspecified atom stereocenters. The predicted octanol–water partition coefficient (Wildman–Crippen LogP) is 3.25. The Morgan fingerprint density at radius 3 is 2.74 bits per heavy atom. The molecule has 1 N–H and O–H groups in total. The molecule has 2 fully saturated rings. The number of nitrogens with zero attached hydrogens (tertiary/aromatic N) is 1. The molecule has 1 saturated carbocycles. The van der Waals surface area contributed by atoms with E-state index in [1.807, 2.05) is 19.1 Å². The average molecular weight is 262 g/mol. The van der Waals surface area contributed by atoms with E-state index in [-0.39, 0.29) is 5.82 Å². The van der Waals surface area contributed by atoms with Gasteiger partial charge in [0.25, 0.3) is 0 Å². The quantitative estimate of drug-likeness (QED) is 0.836. The number of hydrogen-bond donors (Lipinski definition) is 1. The van der Waals surface area contributed by atoms with Crippen molar-refractivity contribution in [2.24, 2.45) is 0 Å². The summed E-state index contributed by atoms with van der Waals surface area (Å²) in [6.07, 6.45) is 6.61. The minimum atomic E-state index is -0.105. The zero-order valence-electron chi connectivity index (χ0n) is 11.7. The van der Waals surface area contributed by atoms with Crippen LogP contribution >= 0.6 is 0 Å². The third-order valence-corrected chi connectivity index (χ3v) is 4.69. The highest BCUT2D eigenvalue weighted by molar-refractivity contribution is 5.50. The molecule has 0 bridgehead atoms. The van der Waals surface area contributed by atoms with E-state index in [2.05, 4.69) is 10.2 Å². The van der Waals surface area contributed by atoms with E-state index >= 15 is 0 Å². The molecular weight excluding hydrogens is 239 g/mol. The van der Waals surface area contributed by atoms with E-state index in [1.165, 1.54) is 37.8 Å². The molecule has 0 radical (unpaired) electrons. The van der Waals surface area contributed by atoms with Gasteiger partial charge >= 0.3 is 0 Å². The van der Waals surface area contributed by atoms with E-state index in [0.717, 1.165) is 25.2 Å². The number of hydrogen-bond acceptors (Lipinski definition) is 2. The van der Waals surface area contributed by atoms with Gasteiger partial charge in [-0.05, 0) is 43.5 Å². The summed E-state index contributed by atoms with van der Waals surface area (Å²) in [5.41, 5.74) is 2.22. The lowest BCUT2D eigenvalue weighted by molar-refractivity contribution is 0.216. The number of aryl methyl sites for hydroxylation is 1. The molecule has 0 amide bonds. The Hall–Kier alpha value is -1.09. The third kappa shape index (κ3) is 2.62. The molecule has 1 spiro atoms. The Morgan fingerprint density at radius 1 is 1.21 bits per heavy atom. The van der Waals surface area contributed by atoms with Crippen LogP contribution in [0.5, 0.6) is 0 Å². The summed E-state index contributed by atoms with van der Waals surface area (Å²) >= 11 is 0. The van der Waals surface area contributed by atoms with E-state index in [0.29, 0.717) is 5.54 Å². The van der Waals surface area contributed by atoms with Crippen molar-refractivity contribution in [1.82, 2.24) is 5.32 Å². The minimum absolute atomic E-state index is 0.105. The van der Waals surface area contributed by atoms with Crippen molar-refractivity contribution in [2.45, 2.75) is 44.6 Å². The Balaban J connectivity index is 1.78. The van der Waals surface area contributed by atoms with E-state index in [1.54, 1.807) is 6.07 Å². The Labute approximate surface area is 115 Å². The molecule has 3 heteroatoms. The van der Waals surface area contributed by atoms with Crippen LogP contribution in [-0.2, 0) is 0 Å². The zero-order chi connectivity index (χ0) is 13.3. The van der Waals surface area contributed by atoms with E-state index in [4.69, 9.17) is 0 Å². The van der Waals surface area contributed by atoms with Crippen molar-refractivity contribution in [2.75, 3.05) is 24.5 Å². The third-order valence-electron chi connectivity index (χ3n) is 4.69. The first-order chi connectivity index (χ1) is 9.19. The minimum Gasteiger partial charge on any atom is -0.368 e. The van der Waals surface area contributed by atoms with Crippen LogP contribution in [0.3, 0.4) is 0 Å². The van der Waals surface area contributed by atoms with Crippen molar-refractivity contribution in [3.8, 4) is 0 Å². The van der Waals surface area contributed by atoms with E-state index in [9.17, 15) is 4.39 Å². The van der Waals surface area contributed by atoms with Gasteiger partial charge in [-0.25, -0.2) is 4.39 Å². The van der Waals surface area contributed by atoms with Crippen molar-refractivity contribution < 1.29 is 4.39 Å². The number of halogens is 1. The molecule has 104 valence electrons. The van der Waals surface area contributed by atoms with Gasteiger partial charge in [-0.15, -0.1) is 0 Å². The lowest BCUT2D eigenvalue weighted by atomic mass is 9.80. The number of rotatable bonds is 1. The molecule has 19 heavy (non-hydrogen) atoms. The first-order valence-corrected chi connectivity index (χ1v) is 7.45. The molecule has 0 atom stereocenters. The van der Waals surface area contributed by atoms with Gasteiger partial charge in [0, 0.05) is 30.9 Å². The number of anilines is 1. The highest BCUT2D eigenvalue weighted by Gasteiger charge is 2.36. The van der Waals surface area contributed by atoms with Crippen LogP contribution in [0.2, 0.25) is 0 Å². The molecule has 2 aliphatic rings. The van der Waals surface area contributed by atoms with Gasteiger partial charge in [-0.3, -0.25) is 0 Å². The van der Waals surface area contributed by atoms with Crippen LogP contribution in [0.4, 0.5) is 10.1 Å². The first-order valence-electron chi connectivity index (χ1n) is 7.45. The Kier molecular flexibility index (Phi) is 3.48. The molecular formula is C16H23FN2. The maximum absolute atomic E-state index is 13.4. The fourth-order valence-corrected chi connectivity index (χ4v) is 3.57. The second-order valence-electron chi connectivity index (χ2n) is 6.12. The molecule has 1 aromatic rings. The average Bonchev–Trinajstić information content (AvgIpc) is 2.43. The van der Waals surface area contributed by atoms with Crippen LogP contribution in [0.15, 0.2) is 18.2 Å². The zero-order valence-corrected chi connectivity index (χ0v) is 11.7. The Bertz CT molecular complexity index is 447. The summed E-state index contributed by atoms with van der Waals surface area (Å²) in [6.45, 7) is 4.97. The normalized spacial score (nSPS) is 22.7. The smallest absolute Gasteiger partial charge is 0.126 e. The maximum atomic E-state index is 13.4. The topological polar surface area (TPSA) is 15.3 Å². The lowest BCUT2D eigenvalue weighted by Crippen LogP contribution is -2.61. The standard InChI is InChI=1S/C16H23FN2/c1-13-11-14(5-6-15(13)17)19-10-9-18-16(12-19)7-3-2-4-8-16/h5-6,11,18H,2-4,7-10,12H2,1H3. The van der Waals surface area contributed by atoms with Crippen molar-refractivity contribution >= 4 is 5.69 Å². The fraction of sp³-hybridized carbons (Fsp3) is 0.625. The van der Waals surface area contributed by atoms with Gasteiger partial charge in [0.2, 0.25) is 0 Å². The maximum Gasteiger partial charge on any atom is 0.126 e. The molecule has 1 saturated heterocycles. The molecule has 1 aliphatic carbocycles. The summed E-state index contributed by atoms with van der Waals surface area (Å²) in [4.78, 5) is 2.42. The monoisotopic (exact) mass is 262 g/mol. The van der Waals surface area contributed by atoms with Crippen LogP contribution in [0.25, 0.3) is 0 Å². The molecule has 3 rings (SSSR count). The van der Waals surface area contributed by atoms with Gasteiger partial charge in [0.1, 0.15) is 5.82 Å². The predicted molar refractivity (Wildman–Crippen MR) is 77.2 cm³/mol. The highest BCUT2D eigenvalue weighted by atomic mass is 19.1. The second kappa shape index (κ2) is 5.12. The van der Waals surface area contributed by atoms with Crippen LogP contribution in [0, 0.1) is 12.7 Å². The molecule has 0 aromatic heterocycles. The van der Waals surface area contributed by atoms with E-state index < -0.39 is 0 Å². The summed E-state index contributed by atoms with van der Waals surface area (Å²) in [5, 5.41) is 3.74. The lowest BCUT2D eigenvalue weighted by Gasteiger charge is -2.47. The molecule has 1 aromatic carbocycles. The van der Waals surface area contributed by atoms with Crippen LogP contribution in [-0.4, -0.2) is 25.2 Å². The van der Waals surface area contributed by atoms with Crippen LogP contribution in [0.1, 0.15) is 37.7 Å². The van der Waals surface area contributed by atoms with Gasteiger partial charge in [-0.1, -0.05) is 19.3 Å². The fourth-order valence-electron chi connectivity index (χ4n) is 3.57. The largest absolute Gasteiger partial charge is 0.368 e. The van der Waals surface area contributed by atoms with Gasteiger partial charge in [0.15, 0.2) is 0 Å². The van der Waals surface area contributed by atoms with Crippen molar-refractivity contribution in [3.05, 3.63) is 29.6 Å². The van der Waals surface area contributed by atoms with Gasteiger partial charge in [-0.2, -0.15) is 0 Å². The number of nitrogens with one attached hydrogen (secondary N) is 1. The van der Waals surface area contributed by atoms with Gasteiger partial charge < -0.3 is 10.2 Å².